The van der Waals surface area contributed by atoms with E-state index in [-0.39, 0.29) is 0 Å². The molecule has 0 amide bonds. The lowest BCUT2D eigenvalue weighted by atomic mass is 10.4. The van der Waals surface area contributed by atoms with E-state index >= 15 is 0 Å². The van der Waals surface area contributed by atoms with Crippen LogP contribution in [0.3, 0.4) is 0 Å². The molecule has 4 nitrogen and oxygen atoms in total. The van der Waals surface area contributed by atoms with Gasteiger partial charge >= 0.3 is 0 Å². The highest BCUT2D eigenvalue weighted by molar-refractivity contribution is 14.1. The van der Waals surface area contributed by atoms with Gasteiger partial charge in [0.1, 0.15) is 10.8 Å². The van der Waals surface area contributed by atoms with Gasteiger partial charge in [0, 0.05) is 12.7 Å². The van der Waals surface area contributed by atoms with Gasteiger partial charge in [-0.15, -0.1) is 0 Å². The number of hydrogen-bond acceptors (Lipinski definition) is 3. The summed E-state index contributed by atoms with van der Waals surface area (Å²) >= 11 is 8.04. The van der Waals surface area contributed by atoms with E-state index in [0.29, 0.717) is 11.0 Å². The van der Waals surface area contributed by atoms with Crippen LogP contribution in [0.4, 0.5) is 0 Å². The predicted molar refractivity (Wildman–Crippen MR) is 66.7 cm³/mol. The molecule has 0 unspecified atom stereocenters. The van der Waals surface area contributed by atoms with Gasteiger partial charge in [-0.2, -0.15) is 0 Å². The third-order valence-corrected chi connectivity index (χ3v) is 3.38. The fourth-order valence-electron chi connectivity index (χ4n) is 1.23. The van der Waals surface area contributed by atoms with Gasteiger partial charge in [0.05, 0.1) is 16.1 Å². The second-order valence-corrected chi connectivity index (χ2v) is 4.42. The molecule has 2 aromatic heterocycles. The summed E-state index contributed by atoms with van der Waals surface area (Å²) < 4.78 is 2.82. The zero-order valence-electron chi connectivity index (χ0n) is 7.98. The number of rotatable bonds is 2. The molecule has 0 radical (unpaired) electrons. The molecule has 0 N–H and O–H groups in total. The Balaban J connectivity index is 2.50. The van der Waals surface area contributed by atoms with Gasteiger partial charge in [-0.3, -0.25) is 0 Å². The Bertz CT molecular complexity index is 483. The smallest absolute Gasteiger partial charge is 0.179 e. The van der Waals surface area contributed by atoms with Crippen LogP contribution >= 0.6 is 34.2 Å². The number of hydrogen-bond donors (Lipinski definition) is 0. The molecule has 2 rings (SSSR count). The topological polar surface area (TPSA) is 43.6 Å². The lowest BCUT2D eigenvalue weighted by Gasteiger charge is -2.04. The van der Waals surface area contributed by atoms with Gasteiger partial charge in [0.2, 0.25) is 0 Å². The van der Waals surface area contributed by atoms with Crippen molar-refractivity contribution in [2.45, 2.75) is 13.5 Å². The van der Waals surface area contributed by atoms with Gasteiger partial charge in [-0.1, -0.05) is 11.6 Å². The Labute approximate surface area is 106 Å². The maximum atomic E-state index is 5.94. The summed E-state index contributed by atoms with van der Waals surface area (Å²) in [7, 11) is 0. The molecule has 0 spiro atoms. The Hall–Kier alpha value is -0.690. The van der Waals surface area contributed by atoms with Crippen molar-refractivity contribution >= 4 is 34.2 Å². The van der Waals surface area contributed by atoms with Crippen LogP contribution in [0.25, 0.3) is 11.5 Å². The van der Waals surface area contributed by atoms with E-state index in [2.05, 4.69) is 37.5 Å². The summed E-state index contributed by atoms with van der Waals surface area (Å²) in [5.74, 6) is 0.611. The summed E-state index contributed by atoms with van der Waals surface area (Å²) in [5.41, 5.74) is 0.885. The van der Waals surface area contributed by atoms with Crippen LogP contribution in [-0.4, -0.2) is 19.5 Å². The molecule has 0 atom stereocenters. The SMILES string of the molecule is CCn1cncc1-c1ncc(I)c(Cl)n1. The monoisotopic (exact) mass is 334 g/mol. The highest BCUT2D eigenvalue weighted by Gasteiger charge is 2.08. The zero-order valence-corrected chi connectivity index (χ0v) is 10.9. The number of nitrogens with zero attached hydrogens (tertiary/aromatic N) is 4. The molecule has 0 aliphatic heterocycles. The van der Waals surface area contributed by atoms with E-state index in [4.69, 9.17) is 11.6 Å². The molecule has 0 aliphatic rings. The van der Waals surface area contributed by atoms with E-state index in [1.807, 2.05) is 11.5 Å². The summed E-state index contributed by atoms with van der Waals surface area (Å²) in [5, 5.41) is 0.476. The van der Waals surface area contributed by atoms with Crippen LogP contribution in [0.15, 0.2) is 18.7 Å². The van der Waals surface area contributed by atoms with Gasteiger partial charge in [0.15, 0.2) is 5.82 Å². The van der Waals surface area contributed by atoms with Crippen molar-refractivity contribution < 1.29 is 0 Å². The van der Waals surface area contributed by atoms with Crippen LogP contribution in [-0.2, 0) is 6.54 Å². The predicted octanol–water partition coefficient (Wildman–Crippen LogP) is 2.62. The molecule has 0 saturated heterocycles. The highest BCUT2D eigenvalue weighted by atomic mass is 127. The molecule has 2 aromatic rings. The van der Waals surface area contributed by atoms with Crippen molar-refractivity contribution in [3.63, 3.8) is 0 Å². The first-order valence-corrected chi connectivity index (χ1v) is 5.86. The third kappa shape index (κ3) is 2.12. The standard InChI is InChI=1S/C9H8ClIN4/c1-2-15-5-12-4-7(15)9-13-3-6(11)8(10)14-9/h3-5H,2H2,1H3. The van der Waals surface area contributed by atoms with Crippen LogP contribution < -0.4 is 0 Å². The highest BCUT2D eigenvalue weighted by Crippen LogP contribution is 2.19. The minimum Gasteiger partial charge on any atom is -0.328 e. The van der Waals surface area contributed by atoms with Crippen LogP contribution in [0.2, 0.25) is 5.15 Å². The van der Waals surface area contributed by atoms with Crippen molar-refractivity contribution in [1.29, 1.82) is 0 Å². The molecule has 6 heteroatoms. The molecule has 0 aliphatic carbocycles. The van der Waals surface area contributed by atoms with Crippen molar-refractivity contribution in [2.75, 3.05) is 0 Å². The molecule has 78 valence electrons. The average Bonchev–Trinajstić information content (AvgIpc) is 2.70. The van der Waals surface area contributed by atoms with E-state index in [1.54, 1.807) is 18.7 Å². The van der Waals surface area contributed by atoms with Gasteiger partial charge in [-0.25, -0.2) is 15.0 Å². The van der Waals surface area contributed by atoms with E-state index in [1.165, 1.54) is 0 Å². The fraction of sp³-hybridized carbons (Fsp3) is 0.222. The zero-order chi connectivity index (χ0) is 10.8. The Kier molecular flexibility index (Phi) is 3.20. The fourth-order valence-corrected chi connectivity index (χ4v) is 1.62. The molecule has 0 saturated carbocycles. The lowest BCUT2D eigenvalue weighted by molar-refractivity contribution is 0.763. The number of imidazole rings is 1. The molecule has 0 bridgehead atoms. The number of aryl methyl sites for hydroxylation is 1. The summed E-state index contributed by atoms with van der Waals surface area (Å²) in [6, 6.07) is 0. The van der Waals surface area contributed by atoms with Gasteiger partial charge in [-0.05, 0) is 29.5 Å². The van der Waals surface area contributed by atoms with Gasteiger partial charge < -0.3 is 4.57 Å². The largest absolute Gasteiger partial charge is 0.328 e. The van der Waals surface area contributed by atoms with Crippen molar-refractivity contribution in [3.8, 4) is 11.5 Å². The molecule has 0 fully saturated rings. The Morgan fingerprint density at radius 1 is 1.47 bits per heavy atom. The van der Waals surface area contributed by atoms with Crippen molar-refractivity contribution in [3.05, 3.63) is 27.4 Å². The Morgan fingerprint density at radius 2 is 2.27 bits per heavy atom. The maximum absolute atomic E-state index is 5.94. The number of halogens is 2. The van der Waals surface area contributed by atoms with Crippen LogP contribution in [0, 0.1) is 3.57 Å². The normalized spacial score (nSPS) is 10.6. The van der Waals surface area contributed by atoms with Crippen molar-refractivity contribution in [1.82, 2.24) is 19.5 Å². The first-order chi connectivity index (χ1) is 7.22. The number of aromatic nitrogens is 4. The quantitative estimate of drug-likeness (QED) is 0.626. The van der Waals surface area contributed by atoms with Crippen molar-refractivity contribution in [2.24, 2.45) is 0 Å². The summed E-state index contributed by atoms with van der Waals surface area (Å²) in [6.45, 7) is 2.88. The van der Waals surface area contributed by atoms with Gasteiger partial charge in [0.25, 0.3) is 0 Å². The first kappa shape index (κ1) is 10.8. The molecule has 0 aromatic carbocycles. The second kappa shape index (κ2) is 4.44. The molecular weight excluding hydrogens is 326 g/mol. The maximum Gasteiger partial charge on any atom is 0.179 e. The summed E-state index contributed by atoms with van der Waals surface area (Å²) in [4.78, 5) is 12.5. The minimum absolute atomic E-state index is 0.476. The lowest BCUT2D eigenvalue weighted by Crippen LogP contribution is -1.99. The van der Waals surface area contributed by atoms with E-state index < -0.39 is 0 Å². The van der Waals surface area contributed by atoms with Crippen LogP contribution in [0.5, 0.6) is 0 Å². The molecule has 2 heterocycles. The Morgan fingerprint density at radius 3 is 2.93 bits per heavy atom. The van der Waals surface area contributed by atoms with E-state index in [9.17, 15) is 0 Å². The molecule has 15 heavy (non-hydrogen) atoms. The second-order valence-electron chi connectivity index (χ2n) is 2.90. The van der Waals surface area contributed by atoms with E-state index in [0.717, 1.165) is 15.8 Å². The van der Waals surface area contributed by atoms with Crippen LogP contribution in [0.1, 0.15) is 6.92 Å². The minimum atomic E-state index is 0.476. The molecular formula is C9H8ClIN4. The average molecular weight is 335 g/mol. The summed E-state index contributed by atoms with van der Waals surface area (Å²) in [6.07, 6.45) is 5.20. The third-order valence-electron chi connectivity index (χ3n) is 1.98. The first-order valence-electron chi connectivity index (χ1n) is 4.41.